The van der Waals surface area contributed by atoms with Crippen LogP contribution in [0, 0.1) is 5.82 Å². The minimum Gasteiger partial charge on any atom is -0.489 e. The largest absolute Gasteiger partial charge is 0.489 e. The van der Waals surface area contributed by atoms with E-state index in [1.54, 1.807) is 0 Å². The minimum atomic E-state index is -0.406. The zero-order valence-electron chi connectivity index (χ0n) is 10.7. The second-order valence-electron chi connectivity index (χ2n) is 5.26. The molecule has 0 amide bonds. The number of benzene rings is 1. The monoisotopic (exact) mass is 285 g/mol. The molecule has 2 N–H and O–H groups in total. The fourth-order valence-corrected chi connectivity index (χ4v) is 3.08. The summed E-state index contributed by atoms with van der Waals surface area (Å²) in [6, 6.07) is 1.50. The van der Waals surface area contributed by atoms with Gasteiger partial charge in [0.05, 0.1) is 18.2 Å². The molecule has 19 heavy (non-hydrogen) atoms. The Labute approximate surface area is 116 Å². The molecule has 1 heterocycles. The van der Waals surface area contributed by atoms with Crippen molar-refractivity contribution < 1.29 is 13.9 Å². The number of hydrogen-bond acceptors (Lipinski definition) is 3. The van der Waals surface area contributed by atoms with Gasteiger partial charge in [-0.1, -0.05) is 18.0 Å². The molecule has 0 unspecified atom stereocenters. The predicted octanol–water partition coefficient (Wildman–Crippen LogP) is 3.02. The molecule has 1 aliphatic heterocycles. The van der Waals surface area contributed by atoms with Gasteiger partial charge in [0.15, 0.2) is 11.5 Å². The summed E-state index contributed by atoms with van der Waals surface area (Å²) in [7, 11) is 0. The predicted molar refractivity (Wildman–Crippen MR) is 71.6 cm³/mol. The van der Waals surface area contributed by atoms with Crippen LogP contribution >= 0.6 is 11.6 Å². The van der Waals surface area contributed by atoms with Crippen molar-refractivity contribution in [2.24, 2.45) is 5.73 Å². The van der Waals surface area contributed by atoms with Crippen molar-refractivity contribution in [3.05, 3.63) is 22.5 Å². The summed E-state index contributed by atoms with van der Waals surface area (Å²) >= 11 is 6.00. The lowest BCUT2D eigenvalue weighted by Crippen LogP contribution is -2.42. The highest BCUT2D eigenvalue weighted by Gasteiger charge is 2.43. The van der Waals surface area contributed by atoms with E-state index in [-0.39, 0.29) is 10.4 Å². The molecule has 0 atom stereocenters. The lowest BCUT2D eigenvalue weighted by molar-refractivity contribution is 0.227. The number of rotatable bonds is 2. The zero-order valence-corrected chi connectivity index (χ0v) is 11.4. The average Bonchev–Trinajstić information content (AvgIpc) is 2.58. The smallest absolute Gasteiger partial charge is 0.167 e. The molecule has 1 aromatic rings. The van der Waals surface area contributed by atoms with Crippen LogP contribution in [0.25, 0.3) is 0 Å². The van der Waals surface area contributed by atoms with Gasteiger partial charge in [-0.3, -0.25) is 0 Å². The van der Waals surface area contributed by atoms with E-state index in [0.29, 0.717) is 36.8 Å². The summed E-state index contributed by atoms with van der Waals surface area (Å²) in [6.45, 7) is 1.49. The fraction of sp³-hybridized carbons (Fsp3) is 0.571. The highest BCUT2D eigenvalue weighted by atomic mass is 35.5. The molecule has 1 aromatic carbocycles. The maximum Gasteiger partial charge on any atom is 0.167 e. The van der Waals surface area contributed by atoms with Crippen LogP contribution in [0.1, 0.15) is 31.2 Å². The summed E-state index contributed by atoms with van der Waals surface area (Å²) in [5.74, 6) is 0.638. The average molecular weight is 286 g/mol. The zero-order chi connectivity index (χ0) is 13.5. The molecule has 3 rings (SSSR count). The first kappa shape index (κ1) is 13.0. The van der Waals surface area contributed by atoms with Crippen molar-refractivity contribution in [2.75, 3.05) is 19.8 Å². The van der Waals surface area contributed by atoms with Crippen LogP contribution in [0.5, 0.6) is 11.5 Å². The van der Waals surface area contributed by atoms with Gasteiger partial charge in [0.1, 0.15) is 5.82 Å². The van der Waals surface area contributed by atoms with Crippen LogP contribution in [0.3, 0.4) is 0 Å². The number of halogens is 2. The number of nitrogens with two attached hydrogens (primary N) is 1. The van der Waals surface area contributed by atoms with E-state index < -0.39 is 5.82 Å². The second-order valence-corrected chi connectivity index (χ2v) is 5.67. The lowest BCUT2D eigenvalue weighted by atomic mass is 9.64. The quantitative estimate of drug-likeness (QED) is 0.908. The standard InChI is InChI=1S/C14H17ClFNO2/c15-9-7-10-13(19-6-2-5-18-10)11(12(9)16)14(8-17)3-1-4-14/h7H,1-6,8,17H2. The molecule has 0 bridgehead atoms. The van der Waals surface area contributed by atoms with Crippen molar-refractivity contribution in [3.8, 4) is 11.5 Å². The van der Waals surface area contributed by atoms with Crippen LogP contribution in [0.2, 0.25) is 5.02 Å². The van der Waals surface area contributed by atoms with Gasteiger partial charge in [-0.15, -0.1) is 0 Å². The van der Waals surface area contributed by atoms with Gasteiger partial charge in [0, 0.05) is 30.0 Å². The van der Waals surface area contributed by atoms with Gasteiger partial charge in [0.25, 0.3) is 0 Å². The van der Waals surface area contributed by atoms with Gasteiger partial charge >= 0.3 is 0 Å². The van der Waals surface area contributed by atoms with E-state index >= 15 is 0 Å². The molecule has 1 fully saturated rings. The van der Waals surface area contributed by atoms with Gasteiger partial charge < -0.3 is 15.2 Å². The molecule has 0 aromatic heterocycles. The van der Waals surface area contributed by atoms with Gasteiger partial charge in [-0.05, 0) is 12.8 Å². The van der Waals surface area contributed by atoms with E-state index in [2.05, 4.69) is 0 Å². The molecule has 0 spiro atoms. The third kappa shape index (κ3) is 1.98. The van der Waals surface area contributed by atoms with E-state index in [9.17, 15) is 4.39 Å². The first-order valence-corrected chi connectivity index (χ1v) is 7.04. The summed E-state index contributed by atoms with van der Waals surface area (Å²) < 4.78 is 25.8. The Balaban J connectivity index is 2.18. The maximum atomic E-state index is 14.5. The molecule has 0 saturated heterocycles. The Morgan fingerprint density at radius 2 is 2.00 bits per heavy atom. The van der Waals surface area contributed by atoms with Gasteiger partial charge in [-0.25, -0.2) is 4.39 Å². The molecular weight excluding hydrogens is 269 g/mol. The summed E-state index contributed by atoms with van der Waals surface area (Å²) in [5.41, 5.74) is 6.06. The Bertz CT molecular complexity index is 497. The molecule has 5 heteroatoms. The second kappa shape index (κ2) is 4.84. The molecule has 0 radical (unpaired) electrons. The first-order valence-electron chi connectivity index (χ1n) is 6.66. The van der Waals surface area contributed by atoms with Crippen molar-refractivity contribution in [3.63, 3.8) is 0 Å². The van der Waals surface area contributed by atoms with Crippen LogP contribution in [0.4, 0.5) is 4.39 Å². The molecule has 104 valence electrons. The molecule has 2 aliphatic rings. The van der Waals surface area contributed by atoms with Crippen LogP contribution in [-0.4, -0.2) is 19.8 Å². The van der Waals surface area contributed by atoms with Crippen LogP contribution in [0.15, 0.2) is 6.07 Å². The van der Waals surface area contributed by atoms with Crippen LogP contribution in [-0.2, 0) is 5.41 Å². The van der Waals surface area contributed by atoms with Crippen molar-refractivity contribution in [1.29, 1.82) is 0 Å². The Morgan fingerprint density at radius 3 is 2.63 bits per heavy atom. The van der Waals surface area contributed by atoms with Crippen LogP contribution < -0.4 is 15.2 Å². The van der Waals surface area contributed by atoms with Crippen molar-refractivity contribution >= 4 is 11.6 Å². The van der Waals surface area contributed by atoms with Gasteiger partial charge in [-0.2, -0.15) is 0 Å². The third-order valence-electron chi connectivity index (χ3n) is 4.16. The van der Waals surface area contributed by atoms with Crippen molar-refractivity contribution in [1.82, 2.24) is 0 Å². The van der Waals surface area contributed by atoms with E-state index in [1.165, 1.54) is 6.07 Å². The SMILES string of the molecule is NCC1(c2c(F)c(Cl)cc3c2OCCCO3)CCC1. The number of ether oxygens (including phenoxy) is 2. The number of fused-ring (bicyclic) bond motifs is 1. The van der Waals surface area contributed by atoms with E-state index in [1.807, 2.05) is 0 Å². The Kier molecular flexibility index (Phi) is 3.31. The van der Waals surface area contributed by atoms with Gasteiger partial charge in [0.2, 0.25) is 0 Å². The third-order valence-corrected chi connectivity index (χ3v) is 4.44. The summed E-state index contributed by atoms with van der Waals surface area (Å²) in [4.78, 5) is 0. The van der Waals surface area contributed by atoms with Crippen molar-refractivity contribution in [2.45, 2.75) is 31.1 Å². The lowest BCUT2D eigenvalue weighted by Gasteiger charge is -2.42. The normalized spacial score (nSPS) is 20.6. The summed E-state index contributed by atoms with van der Waals surface area (Å²) in [5, 5.41) is 0.0824. The topological polar surface area (TPSA) is 44.5 Å². The number of hydrogen-bond donors (Lipinski definition) is 1. The molecule has 3 nitrogen and oxygen atoms in total. The first-order chi connectivity index (χ1) is 9.18. The Hall–Kier alpha value is -1.00. The Morgan fingerprint density at radius 1 is 1.26 bits per heavy atom. The minimum absolute atomic E-state index is 0.0824. The molecule has 1 saturated carbocycles. The summed E-state index contributed by atoms with van der Waals surface area (Å²) in [6.07, 6.45) is 3.58. The van der Waals surface area contributed by atoms with E-state index in [0.717, 1.165) is 25.7 Å². The maximum absolute atomic E-state index is 14.5. The fourth-order valence-electron chi connectivity index (χ4n) is 2.89. The highest BCUT2D eigenvalue weighted by Crippen LogP contribution is 2.52. The molecule has 1 aliphatic carbocycles. The highest BCUT2D eigenvalue weighted by molar-refractivity contribution is 6.31. The van der Waals surface area contributed by atoms with E-state index in [4.69, 9.17) is 26.8 Å². The molecular formula is C14H17ClFNO2.